The number of imidazole rings is 1. The maximum absolute atomic E-state index is 5.46. The van der Waals surface area contributed by atoms with Crippen LogP contribution in [0.3, 0.4) is 0 Å². The molecule has 0 unspecified atom stereocenters. The van der Waals surface area contributed by atoms with Crippen molar-refractivity contribution in [2.75, 3.05) is 13.2 Å². The Balaban J connectivity index is 2.10. The van der Waals surface area contributed by atoms with Crippen molar-refractivity contribution < 1.29 is 9.47 Å². The quantitative estimate of drug-likeness (QED) is 0.634. The molecule has 0 fully saturated rings. The van der Waals surface area contributed by atoms with Crippen molar-refractivity contribution in [3.05, 3.63) is 24.3 Å². The molecule has 17 heavy (non-hydrogen) atoms. The topological polar surface area (TPSA) is 47.1 Å². The largest absolute Gasteiger partial charge is 0.344 e. The first-order chi connectivity index (χ1) is 8.33. The maximum Gasteiger partial charge on any atom is 0.214 e. The summed E-state index contributed by atoms with van der Waals surface area (Å²) in [5, 5.41) is 0.818. The molecular weight excluding hydrogens is 236 g/mol. The maximum atomic E-state index is 5.46. The molecule has 0 amide bonds. The Morgan fingerprint density at radius 1 is 1.24 bits per heavy atom. The summed E-state index contributed by atoms with van der Waals surface area (Å²) >= 11 is 1.45. The van der Waals surface area contributed by atoms with Crippen LogP contribution in [0.5, 0.6) is 0 Å². The average Bonchev–Trinajstić information content (AvgIpc) is 2.71. The fourth-order valence-corrected chi connectivity index (χ4v) is 2.38. The van der Waals surface area contributed by atoms with Gasteiger partial charge in [0.2, 0.25) is 5.62 Å². The summed E-state index contributed by atoms with van der Waals surface area (Å²) in [6, 6.07) is 7.94. The summed E-state index contributed by atoms with van der Waals surface area (Å²) in [5.41, 5.74) is 1.69. The van der Waals surface area contributed by atoms with Crippen molar-refractivity contribution in [1.29, 1.82) is 0 Å². The summed E-state index contributed by atoms with van der Waals surface area (Å²) in [4.78, 5) is 7.70. The molecule has 0 aliphatic rings. The van der Waals surface area contributed by atoms with Crippen molar-refractivity contribution in [3.63, 3.8) is 0 Å². The zero-order valence-corrected chi connectivity index (χ0v) is 10.8. The van der Waals surface area contributed by atoms with Gasteiger partial charge in [-0.1, -0.05) is 12.1 Å². The van der Waals surface area contributed by atoms with E-state index in [1.807, 2.05) is 38.1 Å². The predicted octanol–water partition coefficient (Wildman–Crippen LogP) is 3.01. The van der Waals surface area contributed by atoms with Gasteiger partial charge in [0, 0.05) is 13.2 Å². The Labute approximate surface area is 105 Å². The van der Waals surface area contributed by atoms with E-state index < -0.39 is 0 Å². The lowest BCUT2D eigenvalue weighted by atomic mass is 10.3. The molecule has 0 bridgehead atoms. The Bertz CT molecular complexity index is 433. The molecule has 0 saturated carbocycles. The molecule has 2 rings (SSSR count). The second kappa shape index (κ2) is 6.05. The van der Waals surface area contributed by atoms with Crippen molar-refractivity contribution in [1.82, 2.24) is 9.97 Å². The van der Waals surface area contributed by atoms with Crippen LogP contribution in [0.25, 0.3) is 11.0 Å². The van der Waals surface area contributed by atoms with Gasteiger partial charge in [-0.3, -0.25) is 0 Å². The minimum atomic E-state index is -0.300. The van der Waals surface area contributed by atoms with Gasteiger partial charge < -0.3 is 14.5 Å². The normalized spacial score (nSPS) is 11.5. The first-order valence-corrected chi connectivity index (χ1v) is 6.56. The number of nitrogens with one attached hydrogen (secondary N) is 1. The van der Waals surface area contributed by atoms with Gasteiger partial charge in [-0.05, 0) is 37.7 Å². The fourth-order valence-electron chi connectivity index (χ4n) is 1.46. The van der Waals surface area contributed by atoms with Gasteiger partial charge >= 0.3 is 0 Å². The third kappa shape index (κ3) is 3.21. The highest BCUT2D eigenvalue weighted by Gasteiger charge is 2.12. The van der Waals surface area contributed by atoms with Gasteiger partial charge in [0.15, 0.2) is 5.16 Å². The van der Waals surface area contributed by atoms with E-state index in [0.717, 1.165) is 16.2 Å². The fraction of sp³-hybridized carbons (Fsp3) is 0.417. The SMILES string of the molecule is CCOC(OCC)Sc1nc2ccccc2[nH]1. The van der Waals surface area contributed by atoms with Crippen LogP contribution in [-0.4, -0.2) is 28.8 Å². The van der Waals surface area contributed by atoms with E-state index in [1.54, 1.807) is 0 Å². The molecule has 0 spiro atoms. The first-order valence-electron chi connectivity index (χ1n) is 5.68. The Hall–Kier alpha value is -1.04. The second-order valence-corrected chi connectivity index (χ2v) is 4.38. The number of para-hydroxylation sites is 2. The van der Waals surface area contributed by atoms with Crippen molar-refractivity contribution in [3.8, 4) is 0 Å². The molecule has 1 aromatic carbocycles. The number of aromatic amines is 1. The Kier molecular flexibility index (Phi) is 4.42. The molecule has 4 nitrogen and oxygen atoms in total. The molecule has 0 aliphatic carbocycles. The summed E-state index contributed by atoms with van der Waals surface area (Å²) in [6.07, 6.45) is 0. The third-order valence-electron chi connectivity index (χ3n) is 2.18. The van der Waals surface area contributed by atoms with E-state index in [1.165, 1.54) is 11.8 Å². The van der Waals surface area contributed by atoms with E-state index >= 15 is 0 Å². The molecule has 1 heterocycles. The van der Waals surface area contributed by atoms with Crippen LogP contribution < -0.4 is 0 Å². The number of fused-ring (bicyclic) bond motifs is 1. The van der Waals surface area contributed by atoms with Crippen molar-refractivity contribution in [2.45, 2.75) is 24.6 Å². The van der Waals surface area contributed by atoms with Gasteiger partial charge in [-0.15, -0.1) is 0 Å². The number of thioether (sulfide) groups is 1. The van der Waals surface area contributed by atoms with E-state index in [2.05, 4.69) is 9.97 Å². The van der Waals surface area contributed by atoms with E-state index in [4.69, 9.17) is 9.47 Å². The van der Waals surface area contributed by atoms with E-state index in [-0.39, 0.29) is 5.62 Å². The van der Waals surface area contributed by atoms with Gasteiger partial charge in [0.05, 0.1) is 11.0 Å². The lowest BCUT2D eigenvalue weighted by Crippen LogP contribution is -2.13. The molecular formula is C12H16N2O2S. The number of benzene rings is 1. The van der Waals surface area contributed by atoms with Crippen LogP contribution >= 0.6 is 11.8 Å². The van der Waals surface area contributed by atoms with Crippen LogP contribution in [0.15, 0.2) is 29.4 Å². The summed E-state index contributed by atoms with van der Waals surface area (Å²) < 4.78 is 10.9. The van der Waals surface area contributed by atoms with Gasteiger partial charge in [0.25, 0.3) is 0 Å². The smallest absolute Gasteiger partial charge is 0.214 e. The molecule has 2 aromatic rings. The molecule has 0 atom stereocenters. The second-order valence-electron chi connectivity index (χ2n) is 3.38. The number of ether oxygens (including phenoxy) is 2. The lowest BCUT2D eigenvalue weighted by molar-refractivity contribution is -0.0739. The van der Waals surface area contributed by atoms with Crippen LogP contribution in [0.4, 0.5) is 0 Å². The van der Waals surface area contributed by atoms with Crippen LogP contribution in [0, 0.1) is 0 Å². The molecule has 1 aromatic heterocycles. The summed E-state index contributed by atoms with van der Waals surface area (Å²) in [5.74, 6) is 0. The molecule has 0 aliphatic heterocycles. The van der Waals surface area contributed by atoms with Gasteiger partial charge in [-0.25, -0.2) is 4.98 Å². The number of rotatable bonds is 6. The number of nitrogens with zero attached hydrogens (tertiary/aromatic N) is 1. The predicted molar refractivity (Wildman–Crippen MR) is 69.0 cm³/mol. The number of aromatic nitrogens is 2. The molecule has 0 radical (unpaired) electrons. The van der Waals surface area contributed by atoms with Gasteiger partial charge in [-0.2, -0.15) is 0 Å². The summed E-state index contributed by atoms with van der Waals surface area (Å²) in [6.45, 7) is 5.15. The molecule has 5 heteroatoms. The first kappa shape index (κ1) is 12.4. The molecule has 0 saturated heterocycles. The van der Waals surface area contributed by atoms with Crippen molar-refractivity contribution in [2.24, 2.45) is 0 Å². The highest BCUT2D eigenvalue weighted by Crippen LogP contribution is 2.24. The third-order valence-corrected chi connectivity index (χ3v) is 3.06. The highest BCUT2D eigenvalue weighted by atomic mass is 32.2. The minimum Gasteiger partial charge on any atom is -0.344 e. The summed E-state index contributed by atoms with van der Waals surface area (Å²) in [7, 11) is 0. The Morgan fingerprint density at radius 2 is 1.94 bits per heavy atom. The zero-order valence-electron chi connectivity index (χ0n) is 9.97. The van der Waals surface area contributed by atoms with Crippen molar-refractivity contribution >= 4 is 22.8 Å². The van der Waals surface area contributed by atoms with E-state index in [0.29, 0.717) is 13.2 Å². The minimum absolute atomic E-state index is 0.300. The average molecular weight is 252 g/mol. The monoisotopic (exact) mass is 252 g/mol. The standard InChI is InChI=1S/C12H16N2O2S/c1-3-15-12(16-4-2)17-11-13-9-7-5-6-8-10(9)14-11/h5-8,12H,3-4H2,1-2H3,(H,13,14). The highest BCUT2D eigenvalue weighted by molar-refractivity contribution is 7.99. The van der Waals surface area contributed by atoms with Crippen LogP contribution in [0.1, 0.15) is 13.8 Å². The van der Waals surface area contributed by atoms with Gasteiger partial charge in [0.1, 0.15) is 0 Å². The van der Waals surface area contributed by atoms with Crippen LogP contribution in [0.2, 0.25) is 0 Å². The molecule has 92 valence electrons. The zero-order chi connectivity index (χ0) is 12.1. The number of hydrogen-bond donors (Lipinski definition) is 1. The number of H-pyrrole nitrogens is 1. The Morgan fingerprint density at radius 3 is 2.59 bits per heavy atom. The lowest BCUT2D eigenvalue weighted by Gasteiger charge is -2.14. The van der Waals surface area contributed by atoms with Crippen LogP contribution in [-0.2, 0) is 9.47 Å². The number of hydrogen-bond acceptors (Lipinski definition) is 4. The van der Waals surface area contributed by atoms with E-state index in [9.17, 15) is 0 Å². The molecule has 1 N–H and O–H groups in total.